The van der Waals surface area contributed by atoms with Crippen LogP contribution in [0.25, 0.3) is 0 Å². The molecule has 2 aliphatic heterocycles. The lowest BCUT2D eigenvalue weighted by molar-refractivity contribution is 0.0423. The fraction of sp³-hybridized carbons (Fsp3) is 0.538. The number of rotatable bonds is 2. The first-order valence-corrected chi connectivity index (χ1v) is 6.21. The van der Waals surface area contributed by atoms with Crippen molar-refractivity contribution in [3.8, 4) is 0 Å². The van der Waals surface area contributed by atoms with Crippen molar-refractivity contribution in [1.29, 1.82) is 0 Å². The molecule has 1 aromatic carbocycles. The lowest BCUT2D eigenvalue weighted by Crippen LogP contribution is -2.23. The van der Waals surface area contributed by atoms with Crippen molar-refractivity contribution in [2.75, 3.05) is 0 Å². The van der Waals surface area contributed by atoms with E-state index >= 15 is 0 Å². The lowest BCUT2D eigenvalue weighted by atomic mass is 9.83. The standard InChI is InChI=1S/C13H15ClO2/c14-9-3-1-2-8(6-9)13(15)11-7-10-4-5-12(11)16-10/h1-3,6,10-13,15H,4-5,7H2. The van der Waals surface area contributed by atoms with Gasteiger partial charge in [-0.05, 0) is 37.0 Å². The highest BCUT2D eigenvalue weighted by Crippen LogP contribution is 2.44. The summed E-state index contributed by atoms with van der Waals surface area (Å²) in [7, 11) is 0. The maximum absolute atomic E-state index is 10.3. The van der Waals surface area contributed by atoms with Gasteiger partial charge in [-0.2, -0.15) is 0 Å². The second-order valence-corrected chi connectivity index (χ2v) is 5.21. The van der Waals surface area contributed by atoms with Crippen LogP contribution in [0.3, 0.4) is 0 Å². The summed E-state index contributed by atoms with van der Waals surface area (Å²) in [5, 5.41) is 11.0. The Hall–Kier alpha value is -0.570. The molecule has 16 heavy (non-hydrogen) atoms. The molecule has 0 radical (unpaired) electrons. The third-order valence-corrected chi connectivity index (χ3v) is 3.98. The third-order valence-electron chi connectivity index (χ3n) is 3.75. The number of hydrogen-bond donors (Lipinski definition) is 1. The molecule has 0 spiro atoms. The van der Waals surface area contributed by atoms with Crippen LogP contribution in [0.1, 0.15) is 30.9 Å². The predicted octanol–water partition coefficient (Wildman–Crippen LogP) is 2.94. The van der Waals surface area contributed by atoms with Crippen molar-refractivity contribution in [2.24, 2.45) is 5.92 Å². The first-order valence-electron chi connectivity index (χ1n) is 5.83. The number of ether oxygens (including phenoxy) is 1. The van der Waals surface area contributed by atoms with Gasteiger partial charge >= 0.3 is 0 Å². The average molecular weight is 239 g/mol. The Morgan fingerprint density at radius 3 is 2.88 bits per heavy atom. The van der Waals surface area contributed by atoms with Crippen molar-refractivity contribution in [1.82, 2.24) is 0 Å². The molecule has 86 valence electrons. The van der Waals surface area contributed by atoms with E-state index in [2.05, 4.69) is 0 Å². The van der Waals surface area contributed by atoms with Gasteiger partial charge in [0.25, 0.3) is 0 Å². The minimum atomic E-state index is -0.436. The van der Waals surface area contributed by atoms with Gasteiger partial charge in [-0.25, -0.2) is 0 Å². The minimum absolute atomic E-state index is 0.247. The molecule has 4 atom stereocenters. The second-order valence-electron chi connectivity index (χ2n) is 4.77. The molecule has 3 rings (SSSR count). The van der Waals surface area contributed by atoms with Gasteiger partial charge in [-0.3, -0.25) is 0 Å². The molecule has 0 amide bonds. The summed E-state index contributed by atoms with van der Waals surface area (Å²) in [6, 6.07) is 7.49. The van der Waals surface area contributed by atoms with E-state index in [1.165, 1.54) is 0 Å². The van der Waals surface area contributed by atoms with E-state index in [-0.39, 0.29) is 12.0 Å². The van der Waals surface area contributed by atoms with Gasteiger partial charge in [0, 0.05) is 10.9 Å². The summed E-state index contributed by atoms with van der Waals surface area (Å²) >= 11 is 5.93. The summed E-state index contributed by atoms with van der Waals surface area (Å²) < 4.78 is 5.76. The molecule has 1 aromatic rings. The smallest absolute Gasteiger partial charge is 0.0844 e. The molecule has 0 aliphatic carbocycles. The van der Waals surface area contributed by atoms with Crippen LogP contribution in [0.15, 0.2) is 24.3 Å². The van der Waals surface area contributed by atoms with Crippen LogP contribution in [-0.2, 0) is 4.74 Å². The molecule has 2 aliphatic rings. The Kier molecular flexibility index (Phi) is 2.66. The Morgan fingerprint density at radius 2 is 2.25 bits per heavy atom. The fourth-order valence-electron chi connectivity index (χ4n) is 2.95. The Bertz CT molecular complexity index is 393. The average Bonchev–Trinajstić information content (AvgIpc) is 2.89. The molecule has 2 bridgehead atoms. The monoisotopic (exact) mass is 238 g/mol. The number of benzene rings is 1. The molecule has 2 saturated heterocycles. The van der Waals surface area contributed by atoms with Crippen molar-refractivity contribution < 1.29 is 9.84 Å². The molecule has 4 unspecified atom stereocenters. The molecule has 3 heteroatoms. The number of aliphatic hydroxyl groups excluding tert-OH is 1. The van der Waals surface area contributed by atoms with E-state index in [9.17, 15) is 5.11 Å². The van der Waals surface area contributed by atoms with Gasteiger partial charge in [-0.15, -0.1) is 0 Å². The van der Waals surface area contributed by atoms with Gasteiger partial charge in [-0.1, -0.05) is 23.7 Å². The van der Waals surface area contributed by atoms with E-state index in [1.54, 1.807) is 0 Å². The molecule has 1 N–H and O–H groups in total. The van der Waals surface area contributed by atoms with Crippen LogP contribution in [0, 0.1) is 5.92 Å². The molecular weight excluding hydrogens is 224 g/mol. The van der Waals surface area contributed by atoms with Crippen LogP contribution in [0.5, 0.6) is 0 Å². The Morgan fingerprint density at radius 1 is 1.38 bits per heavy atom. The van der Waals surface area contributed by atoms with Gasteiger partial charge in [0.15, 0.2) is 0 Å². The van der Waals surface area contributed by atoms with Crippen LogP contribution >= 0.6 is 11.6 Å². The zero-order chi connectivity index (χ0) is 11.1. The van der Waals surface area contributed by atoms with E-state index in [1.807, 2.05) is 24.3 Å². The zero-order valence-electron chi connectivity index (χ0n) is 8.97. The third kappa shape index (κ3) is 1.75. The summed E-state index contributed by atoms with van der Waals surface area (Å²) in [5.74, 6) is 0.247. The maximum Gasteiger partial charge on any atom is 0.0844 e. The largest absolute Gasteiger partial charge is 0.388 e. The van der Waals surface area contributed by atoms with E-state index in [0.717, 1.165) is 24.8 Å². The van der Waals surface area contributed by atoms with Crippen molar-refractivity contribution in [3.05, 3.63) is 34.9 Å². The molecule has 0 saturated carbocycles. The zero-order valence-corrected chi connectivity index (χ0v) is 9.73. The topological polar surface area (TPSA) is 29.5 Å². The van der Waals surface area contributed by atoms with Gasteiger partial charge < -0.3 is 9.84 Å². The van der Waals surface area contributed by atoms with Crippen molar-refractivity contribution in [3.63, 3.8) is 0 Å². The molecular formula is C13H15ClO2. The number of hydrogen-bond acceptors (Lipinski definition) is 2. The van der Waals surface area contributed by atoms with E-state index in [4.69, 9.17) is 16.3 Å². The highest BCUT2D eigenvalue weighted by atomic mass is 35.5. The van der Waals surface area contributed by atoms with Crippen LogP contribution in [0.2, 0.25) is 5.02 Å². The first-order chi connectivity index (χ1) is 7.74. The van der Waals surface area contributed by atoms with Crippen molar-refractivity contribution in [2.45, 2.75) is 37.6 Å². The van der Waals surface area contributed by atoms with Gasteiger partial charge in [0.1, 0.15) is 0 Å². The predicted molar refractivity (Wildman–Crippen MR) is 62.4 cm³/mol. The molecule has 2 nitrogen and oxygen atoms in total. The SMILES string of the molecule is OC(c1cccc(Cl)c1)C1CC2CCC1O2. The number of aliphatic hydroxyl groups is 1. The van der Waals surface area contributed by atoms with Gasteiger partial charge in [0.2, 0.25) is 0 Å². The van der Waals surface area contributed by atoms with Crippen molar-refractivity contribution >= 4 is 11.6 Å². The summed E-state index contributed by atoms with van der Waals surface area (Å²) in [5.41, 5.74) is 0.911. The summed E-state index contributed by atoms with van der Waals surface area (Å²) in [6.45, 7) is 0. The van der Waals surface area contributed by atoms with E-state index < -0.39 is 6.10 Å². The fourth-order valence-corrected chi connectivity index (χ4v) is 3.15. The lowest BCUT2D eigenvalue weighted by Gasteiger charge is -2.24. The maximum atomic E-state index is 10.3. The van der Waals surface area contributed by atoms with E-state index in [0.29, 0.717) is 11.1 Å². The normalized spacial score (nSPS) is 34.2. The second kappa shape index (κ2) is 4.02. The quantitative estimate of drug-likeness (QED) is 0.859. The number of fused-ring (bicyclic) bond motifs is 2. The Balaban J connectivity index is 1.80. The van der Waals surface area contributed by atoms with Crippen LogP contribution in [0.4, 0.5) is 0 Å². The minimum Gasteiger partial charge on any atom is -0.388 e. The highest BCUT2D eigenvalue weighted by molar-refractivity contribution is 6.30. The molecule has 2 heterocycles. The molecule has 0 aromatic heterocycles. The summed E-state index contributed by atoms with van der Waals surface area (Å²) in [6.07, 6.45) is 3.42. The molecule has 2 fully saturated rings. The first kappa shape index (κ1) is 10.6. The van der Waals surface area contributed by atoms with Gasteiger partial charge in [0.05, 0.1) is 18.3 Å². The van der Waals surface area contributed by atoms with Crippen LogP contribution < -0.4 is 0 Å². The summed E-state index contributed by atoms with van der Waals surface area (Å²) in [4.78, 5) is 0. The Labute approximate surface area is 100 Å². The highest BCUT2D eigenvalue weighted by Gasteiger charge is 2.44. The number of halogens is 1. The van der Waals surface area contributed by atoms with Crippen LogP contribution in [-0.4, -0.2) is 17.3 Å².